The van der Waals surface area contributed by atoms with Crippen molar-refractivity contribution in [3.8, 4) is 11.8 Å². The number of rotatable bonds is 5. The third-order valence-corrected chi connectivity index (χ3v) is 3.42. The van der Waals surface area contributed by atoms with Crippen molar-refractivity contribution in [3.05, 3.63) is 70.0 Å². The quantitative estimate of drug-likeness (QED) is 0.587. The van der Waals surface area contributed by atoms with Crippen LogP contribution in [0.1, 0.15) is 15.9 Å². The zero-order valence-electron chi connectivity index (χ0n) is 11.4. The molecule has 2 aromatic rings. The van der Waals surface area contributed by atoms with Gasteiger partial charge in [0.15, 0.2) is 12.4 Å². The molecule has 0 saturated heterocycles. The molecule has 0 radical (unpaired) electrons. The van der Waals surface area contributed by atoms with Crippen LogP contribution in [0.25, 0.3) is 6.08 Å². The minimum absolute atomic E-state index is 0.0351. The number of ketones is 1. The highest BCUT2D eigenvalue weighted by Gasteiger charge is 2.03. The lowest BCUT2D eigenvalue weighted by molar-refractivity contribution is 0.104. The van der Waals surface area contributed by atoms with E-state index in [1.165, 1.54) is 12.1 Å². The normalized spacial score (nSPS) is 10.4. The van der Waals surface area contributed by atoms with E-state index < -0.39 is 0 Å². The van der Waals surface area contributed by atoms with Crippen LogP contribution in [0.5, 0.6) is 5.75 Å². The Morgan fingerprint density at radius 2 is 2.00 bits per heavy atom. The van der Waals surface area contributed by atoms with Crippen LogP contribution in [-0.2, 0) is 0 Å². The molecule has 0 aliphatic heterocycles. The lowest BCUT2D eigenvalue weighted by atomic mass is 10.1. The van der Waals surface area contributed by atoms with Gasteiger partial charge in [-0.15, -0.1) is 0 Å². The highest BCUT2D eigenvalue weighted by atomic mass is 79.9. The second-order valence-electron chi connectivity index (χ2n) is 4.34. The average Bonchev–Trinajstić information content (AvgIpc) is 2.54. The molecule has 0 saturated carbocycles. The van der Waals surface area contributed by atoms with Gasteiger partial charge < -0.3 is 4.74 Å². The molecule has 110 valence electrons. The zero-order valence-corrected chi connectivity index (χ0v) is 13.0. The third-order valence-electron chi connectivity index (χ3n) is 2.81. The molecule has 2 rings (SSSR count). The fourth-order valence-corrected chi connectivity index (χ4v) is 2.11. The van der Waals surface area contributed by atoms with Crippen LogP contribution in [0, 0.1) is 17.1 Å². The second-order valence-corrected chi connectivity index (χ2v) is 5.20. The van der Waals surface area contributed by atoms with Gasteiger partial charge in [-0.3, -0.25) is 4.79 Å². The largest absolute Gasteiger partial charge is 0.479 e. The molecule has 0 amide bonds. The summed E-state index contributed by atoms with van der Waals surface area (Å²) in [4.78, 5) is 12.0. The number of benzene rings is 2. The van der Waals surface area contributed by atoms with Crippen LogP contribution < -0.4 is 4.74 Å². The SMILES string of the molecule is N#CCOc1ccc(C(=O)/C=C/c2ccc(F)c(Br)c2)cc1. The smallest absolute Gasteiger partial charge is 0.185 e. The van der Waals surface area contributed by atoms with Crippen molar-refractivity contribution in [3.63, 3.8) is 0 Å². The molecule has 2 aromatic carbocycles. The van der Waals surface area contributed by atoms with Crippen molar-refractivity contribution in [2.24, 2.45) is 0 Å². The van der Waals surface area contributed by atoms with Crippen LogP contribution in [-0.4, -0.2) is 12.4 Å². The van der Waals surface area contributed by atoms with E-state index in [1.807, 2.05) is 6.07 Å². The van der Waals surface area contributed by atoms with E-state index in [2.05, 4.69) is 15.9 Å². The van der Waals surface area contributed by atoms with Gasteiger partial charge in [0.05, 0.1) is 4.47 Å². The lowest BCUT2D eigenvalue weighted by Gasteiger charge is -2.02. The Hall–Kier alpha value is -2.45. The highest BCUT2D eigenvalue weighted by molar-refractivity contribution is 9.10. The van der Waals surface area contributed by atoms with Gasteiger partial charge in [0.2, 0.25) is 0 Å². The maximum atomic E-state index is 13.1. The topological polar surface area (TPSA) is 50.1 Å². The van der Waals surface area contributed by atoms with E-state index in [4.69, 9.17) is 10.00 Å². The Morgan fingerprint density at radius 3 is 2.64 bits per heavy atom. The Bertz CT molecular complexity index is 748. The Labute approximate surface area is 135 Å². The van der Waals surface area contributed by atoms with Gasteiger partial charge in [0.1, 0.15) is 17.6 Å². The van der Waals surface area contributed by atoms with Crippen LogP contribution in [0.15, 0.2) is 53.0 Å². The number of halogens is 2. The van der Waals surface area contributed by atoms with Gasteiger partial charge in [-0.1, -0.05) is 12.1 Å². The average molecular weight is 360 g/mol. The molecule has 22 heavy (non-hydrogen) atoms. The zero-order chi connectivity index (χ0) is 15.9. The van der Waals surface area contributed by atoms with Crippen molar-refractivity contribution in [2.75, 3.05) is 6.61 Å². The van der Waals surface area contributed by atoms with E-state index in [-0.39, 0.29) is 18.2 Å². The predicted octanol–water partition coefficient (Wildman–Crippen LogP) is 4.39. The molecule has 0 fully saturated rings. The fourth-order valence-electron chi connectivity index (χ4n) is 1.72. The van der Waals surface area contributed by atoms with E-state index in [1.54, 1.807) is 42.5 Å². The number of carbonyl (C=O) groups is 1. The summed E-state index contributed by atoms with van der Waals surface area (Å²) < 4.78 is 18.6. The summed E-state index contributed by atoms with van der Waals surface area (Å²) in [6, 6.07) is 12.9. The first-order valence-electron chi connectivity index (χ1n) is 6.37. The molecule has 0 aromatic heterocycles. The van der Waals surface area contributed by atoms with Gasteiger partial charge in [0.25, 0.3) is 0 Å². The summed E-state index contributed by atoms with van der Waals surface area (Å²) in [7, 11) is 0. The van der Waals surface area contributed by atoms with Gasteiger partial charge >= 0.3 is 0 Å². The summed E-state index contributed by atoms with van der Waals surface area (Å²) in [6.07, 6.45) is 3.04. The molecule has 0 spiro atoms. The molecule has 0 heterocycles. The standard InChI is InChI=1S/C17H11BrFNO2/c18-15-11-12(1-7-16(15)19)2-8-17(21)13-3-5-14(6-4-13)22-10-9-20/h1-8,11H,10H2/b8-2+. The van der Waals surface area contributed by atoms with Crippen LogP contribution in [0.2, 0.25) is 0 Å². The van der Waals surface area contributed by atoms with Crippen molar-refractivity contribution in [2.45, 2.75) is 0 Å². The van der Waals surface area contributed by atoms with Crippen molar-refractivity contribution < 1.29 is 13.9 Å². The number of nitriles is 1. The molecule has 0 aliphatic carbocycles. The first kappa shape index (κ1) is 15.9. The maximum absolute atomic E-state index is 13.1. The first-order valence-corrected chi connectivity index (χ1v) is 7.17. The second kappa shape index (κ2) is 7.53. The molecule has 5 heteroatoms. The number of nitrogens with zero attached hydrogens (tertiary/aromatic N) is 1. The first-order chi connectivity index (χ1) is 10.6. The van der Waals surface area contributed by atoms with Gasteiger partial charge in [-0.05, 0) is 64.0 Å². The van der Waals surface area contributed by atoms with Crippen LogP contribution in [0.3, 0.4) is 0 Å². The van der Waals surface area contributed by atoms with Crippen molar-refractivity contribution in [1.82, 2.24) is 0 Å². The molecule has 0 aliphatic rings. The molecule has 0 bridgehead atoms. The Kier molecular flexibility index (Phi) is 5.45. The van der Waals surface area contributed by atoms with Gasteiger partial charge in [-0.2, -0.15) is 5.26 Å². The maximum Gasteiger partial charge on any atom is 0.185 e. The molecular weight excluding hydrogens is 349 g/mol. The number of hydrogen-bond donors (Lipinski definition) is 0. The summed E-state index contributed by atoms with van der Waals surface area (Å²) >= 11 is 3.10. The third kappa shape index (κ3) is 4.27. The monoisotopic (exact) mass is 359 g/mol. The number of carbonyl (C=O) groups excluding carboxylic acids is 1. The summed E-state index contributed by atoms with van der Waals surface area (Å²) in [5.74, 6) is 0.00765. The van der Waals surface area contributed by atoms with E-state index in [9.17, 15) is 9.18 Å². The molecule has 0 N–H and O–H groups in total. The van der Waals surface area contributed by atoms with Crippen LogP contribution in [0.4, 0.5) is 4.39 Å². The Balaban J connectivity index is 2.06. The summed E-state index contributed by atoms with van der Waals surface area (Å²) in [5.41, 5.74) is 1.22. The van der Waals surface area contributed by atoms with Crippen molar-refractivity contribution >= 4 is 27.8 Å². The molecule has 0 atom stereocenters. The number of hydrogen-bond acceptors (Lipinski definition) is 3. The summed E-state index contributed by atoms with van der Waals surface area (Å²) in [6.45, 7) is -0.0351. The van der Waals surface area contributed by atoms with Gasteiger partial charge in [-0.25, -0.2) is 4.39 Å². The molecule has 0 unspecified atom stereocenters. The van der Waals surface area contributed by atoms with Gasteiger partial charge in [0, 0.05) is 5.56 Å². The predicted molar refractivity (Wildman–Crippen MR) is 85.0 cm³/mol. The van der Waals surface area contributed by atoms with Crippen molar-refractivity contribution in [1.29, 1.82) is 5.26 Å². The minimum Gasteiger partial charge on any atom is -0.479 e. The Morgan fingerprint density at radius 1 is 1.27 bits per heavy atom. The molecular formula is C17H11BrFNO2. The number of allylic oxidation sites excluding steroid dienone is 1. The molecule has 3 nitrogen and oxygen atoms in total. The van der Waals surface area contributed by atoms with Crippen LogP contribution >= 0.6 is 15.9 Å². The lowest BCUT2D eigenvalue weighted by Crippen LogP contribution is -1.96. The van der Waals surface area contributed by atoms with E-state index in [0.29, 0.717) is 15.8 Å². The number of ether oxygens (including phenoxy) is 1. The summed E-state index contributed by atoms with van der Waals surface area (Å²) in [5, 5.41) is 8.42. The van der Waals surface area contributed by atoms with E-state index in [0.717, 1.165) is 5.56 Å². The fraction of sp³-hybridized carbons (Fsp3) is 0.0588. The van der Waals surface area contributed by atoms with E-state index >= 15 is 0 Å². The highest BCUT2D eigenvalue weighted by Crippen LogP contribution is 2.18. The minimum atomic E-state index is -0.351.